The van der Waals surface area contributed by atoms with Crippen molar-refractivity contribution in [1.29, 1.82) is 0 Å². The number of thiophene rings is 1. The van der Waals surface area contributed by atoms with Crippen LogP contribution in [-0.2, 0) is 6.54 Å². The molecule has 2 aromatic heterocycles. The third-order valence-corrected chi connectivity index (χ3v) is 4.79. The lowest BCUT2D eigenvalue weighted by molar-refractivity contribution is 1.07. The number of aryl methyl sites for hydroxylation is 1. The quantitative estimate of drug-likeness (QED) is 0.779. The van der Waals surface area contributed by atoms with Gasteiger partial charge in [-0.2, -0.15) is 11.3 Å². The Morgan fingerprint density at radius 1 is 1.21 bits per heavy atom. The maximum absolute atomic E-state index is 5.68. The molecule has 0 amide bonds. The molecule has 96 valence electrons. The van der Waals surface area contributed by atoms with Crippen LogP contribution in [0.2, 0.25) is 0 Å². The van der Waals surface area contributed by atoms with Crippen LogP contribution in [-0.4, -0.2) is 4.98 Å². The fraction of sp³-hybridized carbons (Fsp3) is 0.133. The van der Waals surface area contributed by atoms with Crippen LogP contribution in [0, 0.1) is 6.92 Å². The van der Waals surface area contributed by atoms with Crippen LogP contribution in [0.4, 0.5) is 0 Å². The predicted octanol–water partition coefficient (Wildman–Crippen LogP) is 4.31. The molecular formula is C15H14N2S2. The van der Waals surface area contributed by atoms with Crippen molar-refractivity contribution in [3.05, 3.63) is 51.5 Å². The standard InChI is InChI=1S/C15H14N2S2/c1-10-7-18-8-13(10)15-17-14(9-19-15)12-4-2-3-11(5-12)6-16/h2-5,7-9H,6,16H2,1H3. The van der Waals surface area contributed by atoms with Gasteiger partial charge in [-0.15, -0.1) is 11.3 Å². The monoisotopic (exact) mass is 286 g/mol. The minimum absolute atomic E-state index is 0.564. The van der Waals surface area contributed by atoms with E-state index in [2.05, 4.69) is 35.2 Å². The number of rotatable bonds is 3. The first-order chi connectivity index (χ1) is 9.28. The van der Waals surface area contributed by atoms with Crippen LogP contribution >= 0.6 is 22.7 Å². The zero-order valence-corrected chi connectivity index (χ0v) is 12.2. The molecular weight excluding hydrogens is 272 g/mol. The van der Waals surface area contributed by atoms with E-state index in [1.807, 2.05) is 12.1 Å². The van der Waals surface area contributed by atoms with Crippen LogP contribution < -0.4 is 5.73 Å². The fourth-order valence-corrected chi connectivity index (χ4v) is 3.78. The third kappa shape index (κ3) is 2.47. The smallest absolute Gasteiger partial charge is 0.125 e. The summed E-state index contributed by atoms with van der Waals surface area (Å²) in [5.74, 6) is 0. The van der Waals surface area contributed by atoms with E-state index in [4.69, 9.17) is 10.7 Å². The fourth-order valence-electron chi connectivity index (χ4n) is 1.97. The summed E-state index contributed by atoms with van der Waals surface area (Å²) in [5, 5.41) is 7.52. The first-order valence-corrected chi connectivity index (χ1v) is 7.88. The van der Waals surface area contributed by atoms with Gasteiger partial charge in [0.05, 0.1) is 5.69 Å². The van der Waals surface area contributed by atoms with E-state index < -0.39 is 0 Å². The van der Waals surface area contributed by atoms with Crippen LogP contribution in [0.15, 0.2) is 40.4 Å². The highest BCUT2D eigenvalue weighted by Crippen LogP contribution is 2.32. The molecule has 0 saturated heterocycles. The maximum atomic E-state index is 5.68. The van der Waals surface area contributed by atoms with E-state index in [9.17, 15) is 0 Å². The molecule has 3 rings (SSSR count). The number of hydrogen-bond acceptors (Lipinski definition) is 4. The van der Waals surface area contributed by atoms with Gasteiger partial charge in [-0.25, -0.2) is 4.98 Å². The molecule has 0 bridgehead atoms. The van der Waals surface area contributed by atoms with Crippen molar-refractivity contribution in [2.45, 2.75) is 13.5 Å². The lowest BCUT2D eigenvalue weighted by Crippen LogP contribution is -1.95. The van der Waals surface area contributed by atoms with Gasteiger partial charge in [0, 0.05) is 28.4 Å². The van der Waals surface area contributed by atoms with E-state index in [1.165, 1.54) is 11.1 Å². The summed E-state index contributed by atoms with van der Waals surface area (Å²) in [6.45, 7) is 2.69. The zero-order valence-electron chi connectivity index (χ0n) is 10.6. The van der Waals surface area contributed by atoms with Crippen molar-refractivity contribution in [3.8, 4) is 21.8 Å². The topological polar surface area (TPSA) is 38.9 Å². The molecule has 2 N–H and O–H groups in total. The van der Waals surface area contributed by atoms with Gasteiger partial charge in [0.25, 0.3) is 0 Å². The van der Waals surface area contributed by atoms with E-state index in [-0.39, 0.29) is 0 Å². The van der Waals surface area contributed by atoms with Crippen molar-refractivity contribution >= 4 is 22.7 Å². The first-order valence-electron chi connectivity index (χ1n) is 6.06. The summed E-state index contributed by atoms with van der Waals surface area (Å²) in [6, 6.07) is 8.27. The molecule has 2 heterocycles. The average molecular weight is 286 g/mol. The normalized spacial score (nSPS) is 10.8. The SMILES string of the molecule is Cc1cscc1-c1nc(-c2cccc(CN)c2)cs1. The average Bonchev–Trinajstić information content (AvgIpc) is 3.07. The van der Waals surface area contributed by atoms with Gasteiger partial charge in [0.15, 0.2) is 0 Å². The number of hydrogen-bond donors (Lipinski definition) is 1. The highest BCUT2D eigenvalue weighted by molar-refractivity contribution is 7.14. The van der Waals surface area contributed by atoms with Crippen molar-refractivity contribution in [2.24, 2.45) is 5.73 Å². The van der Waals surface area contributed by atoms with Gasteiger partial charge in [-0.1, -0.05) is 18.2 Å². The largest absolute Gasteiger partial charge is 0.326 e. The van der Waals surface area contributed by atoms with Crippen LogP contribution in [0.25, 0.3) is 21.8 Å². The Kier molecular flexibility index (Phi) is 3.46. The molecule has 0 aliphatic heterocycles. The van der Waals surface area contributed by atoms with Crippen molar-refractivity contribution in [1.82, 2.24) is 4.98 Å². The van der Waals surface area contributed by atoms with Gasteiger partial charge < -0.3 is 5.73 Å². The second kappa shape index (κ2) is 5.25. The summed E-state index contributed by atoms with van der Waals surface area (Å²) in [6.07, 6.45) is 0. The number of benzene rings is 1. The van der Waals surface area contributed by atoms with E-state index in [0.717, 1.165) is 21.8 Å². The Morgan fingerprint density at radius 3 is 2.84 bits per heavy atom. The van der Waals surface area contributed by atoms with Gasteiger partial charge in [0.1, 0.15) is 5.01 Å². The molecule has 1 aromatic carbocycles. The van der Waals surface area contributed by atoms with E-state index in [0.29, 0.717) is 6.54 Å². The van der Waals surface area contributed by atoms with Crippen LogP contribution in [0.3, 0.4) is 0 Å². The van der Waals surface area contributed by atoms with E-state index >= 15 is 0 Å². The van der Waals surface area contributed by atoms with Gasteiger partial charge in [0.2, 0.25) is 0 Å². The number of aromatic nitrogens is 1. The molecule has 0 saturated carbocycles. The Labute approximate surface area is 120 Å². The summed E-state index contributed by atoms with van der Waals surface area (Å²) in [5.41, 5.74) is 11.5. The Morgan fingerprint density at radius 2 is 2.11 bits per heavy atom. The molecule has 0 unspecified atom stereocenters. The van der Waals surface area contributed by atoms with Gasteiger partial charge >= 0.3 is 0 Å². The zero-order chi connectivity index (χ0) is 13.2. The number of nitrogens with zero attached hydrogens (tertiary/aromatic N) is 1. The molecule has 0 radical (unpaired) electrons. The molecule has 2 nitrogen and oxygen atoms in total. The van der Waals surface area contributed by atoms with Gasteiger partial charge in [-0.05, 0) is 29.5 Å². The molecule has 0 aliphatic rings. The molecule has 0 aliphatic carbocycles. The molecule has 0 atom stereocenters. The Bertz CT molecular complexity index is 698. The minimum atomic E-state index is 0.564. The maximum Gasteiger partial charge on any atom is 0.125 e. The van der Waals surface area contributed by atoms with Crippen molar-refractivity contribution < 1.29 is 0 Å². The Hall–Kier alpha value is -1.49. The predicted molar refractivity (Wildman–Crippen MR) is 83.5 cm³/mol. The highest BCUT2D eigenvalue weighted by Gasteiger charge is 2.09. The first kappa shape index (κ1) is 12.5. The summed E-state index contributed by atoms with van der Waals surface area (Å²) < 4.78 is 0. The van der Waals surface area contributed by atoms with Crippen LogP contribution in [0.1, 0.15) is 11.1 Å². The highest BCUT2D eigenvalue weighted by atomic mass is 32.1. The summed E-state index contributed by atoms with van der Waals surface area (Å²) in [7, 11) is 0. The third-order valence-electron chi connectivity index (χ3n) is 3.05. The van der Waals surface area contributed by atoms with Crippen molar-refractivity contribution in [3.63, 3.8) is 0 Å². The number of nitrogens with two attached hydrogens (primary N) is 1. The number of thiazole rings is 1. The molecule has 3 aromatic rings. The summed E-state index contributed by atoms with van der Waals surface area (Å²) in [4.78, 5) is 4.74. The molecule has 0 fully saturated rings. The van der Waals surface area contributed by atoms with E-state index in [1.54, 1.807) is 22.7 Å². The lowest BCUT2D eigenvalue weighted by Gasteiger charge is -2.00. The lowest BCUT2D eigenvalue weighted by atomic mass is 10.1. The minimum Gasteiger partial charge on any atom is -0.326 e. The second-order valence-electron chi connectivity index (χ2n) is 4.41. The Balaban J connectivity index is 1.99. The van der Waals surface area contributed by atoms with Crippen LogP contribution in [0.5, 0.6) is 0 Å². The second-order valence-corrected chi connectivity index (χ2v) is 6.01. The van der Waals surface area contributed by atoms with Gasteiger partial charge in [-0.3, -0.25) is 0 Å². The molecule has 4 heteroatoms. The molecule has 19 heavy (non-hydrogen) atoms. The molecule has 0 spiro atoms. The van der Waals surface area contributed by atoms with Crippen molar-refractivity contribution in [2.75, 3.05) is 0 Å². The summed E-state index contributed by atoms with van der Waals surface area (Å²) >= 11 is 3.42.